The molecule has 2 heterocycles. The molecule has 194 valence electrons. The van der Waals surface area contributed by atoms with Gasteiger partial charge in [-0.25, -0.2) is 22.2 Å². The highest BCUT2D eigenvalue weighted by atomic mass is 32.2. The molecule has 6 nitrogen and oxygen atoms in total. The first-order valence-electron chi connectivity index (χ1n) is 10.7. The Morgan fingerprint density at radius 3 is 2.43 bits per heavy atom. The van der Waals surface area contributed by atoms with Crippen LogP contribution in [-0.4, -0.2) is 35.4 Å². The summed E-state index contributed by atoms with van der Waals surface area (Å²) in [7, 11) is -3.90. The standard InChI is InChI=1S/C24H18F5N3O3S2/c1-2-9-37(34,35)32-19-8-7-18(25)20(21(19)26)22(33)17-12-31-23-16(17)10-14(11-30-23)13-3-5-15(6-4-13)36-24(27,28)29/h3-8,10-12,32H,2,9H2,1H3,(H,30,31). The first-order valence-corrected chi connectivity index (χ1v) is 13.2. The van der Waals surface area contributed by atoms with Crippen LogP contribution >= 0.6 is 11.8 Å². The molecule has 37 heavy (non-hydrogen) atoms. The van der Waals surface area contributed by atoms with Gasteiger partial charge in [0.2, 0.25) is 15.8 Å². The Morgan fingerprint density at radius 1 is 1.08 bits per heavy atom. The SMILES string of the molecule is CCCS(=O)(=O)Nc1ccc(F)c(C(=O)c2c[nH]c3ncc(-c4ccc(SC(F)(F)F)cc4)cc23)c1F. The van der Waals surface area contributed by atoms with Crippen LogP contribution in [0.2, 0.25) is 0 Å². The van der Waals surface area contributed by atoms with E-state index in [1.807, 2.05) is 4.72 Å². The second-order valence-corrected chi connectivity index (χ2v) is 10.9. The van der Waals surface area contributed by atoms with Crippen molar-refractivity contribution in [2.45, 2.75) is 23.7 Å². The van der Waals surface area contributed by atoms with Crippen LogP contribution in [0.4, 0.5) is 27.6 Å². The largest absolute Gasteiger partial charge is 0.446 e. The van der Waals surface area contributed by atoms with Gasteiger partial charge in [0.15, 0.2) is 5.82 Å². The van der Waals surface area contributed by atoms with Gasteiger partial charge in [0.1, 0.15) is 11.5 Å². The summed E-state index contributed by atoms with van der Waals surface area (Å²) in [6, 6.07) is 8.69. The van der Waals surface area contributed by atoms with Crippen LogP contribution in [0.5, 0.6) is 0 Å². The maximum Gasteiger partial charge on any atom is 0.446 e. The lowest BCUT2D eigenvalue weighted by Crippen LogP contribution is -2.18. The van der Waals surface area contributed by atoms with E-state index in [4.69, 9.17) is 0 Å². The highest BCUT2D eigenvalue weighted by Crippen LogP contribution is 2.37. The number of fused-ring (bicyclic) bond motifs is 1. The molecule has 0 saturated carbocycles. The minimum absolute atomic E-state index is 0.0109. The predicted molar refractivity (Wildman–Crippen MR) is 131 cm³/mol. The lowest BCUT2D eigenvalue weighted by Gasteiger charge is -2.11. The average molecular weight is 556 g/mol. The van der Waals surface area contributed by atoms with E-state index in [1.54, 1.807) is 6.92 Å². The van der Waals surface area contributed by atoms with Crippen LogP contribution in [0.25, 0.3) is 22.2 Å². The lowest BCUT2D eigenvalue weighted by atomic mass is 10.00. The third-order valence-electron chi connectivity index (χ3n) is 5.25. The van der Waals surface area contributed by atoms with Gasteiger partial charge in [-0.3, -0.25) is 9.52 Å². The van der Waals surface area contributed by atoms with Gasteiger partial charge in [0.05, 0.1) is 17.0 Å². The Bertz CT molecular complexity index is 1580. The second-order valence-electron chi connectivity index (χ2n) is 7.93. The van der Waals surface area contributed by atoms with Crippen molar-refractivity contribution in [2.24, 2.45) is 0 Å². The van der Waals surface area contributed by atoms with Crippen molar-refractivity contribution in [3.63, 3.8) is 0 Å². The van der Waals surface area contributed by atoms with Crippen molar-refractivity contribution in [1.29, 1.82) is 0 Å². The summed E-state index contributed by atoms with van der Waals surface area (Å²) < 4.78 is 93.7. The number of hydrogen-bond donors (Lipinski definition) is 2. The molecule has 2 aromatic heterocycles. The number of aromatic nitrogens is 2. The van der Waals surface area contributed by atoms with Gasteiger partial charge in [-0.1, -0.05) is 19.1 Å². The molecular weight excluding hydrogens is 537 g/mol. The number of anilines is 1. The zero-order valence-corrected chi connectivity index (χ0v) is 20.6. The molecule has 0 unspecified atom stereocenters. The Kier molecular flexibility index (Phi) is 7.29. The van der Waals surface area contributed by atoms with Crippen molar-refractivity contribution in [3.05, 3.63) is 77.6 Å². The number of nitrogens with zero attached hydrogens (tertiary/aromatic N) is 1. The van der Waals surface area contributed by atoms with Crippen molar-refractivity contribution >= 4 is 44.3 Å². The summed E-state index contributed by atoms with van der Waals surface area (Å²) >= 11 is -0.257. The number of halogens is 5. The van der Waals surface area contributed by atoms with Gasteiger partial charge in [-0.15, -0.1) is 0 Å². The summed E-state index contributed by atoms with van der Waals surface area (Å²) in [5.74, 6) is -3.88. The minimum Gasteiger partial charge on any atom is -0.345 e. The molecule has 0 atom stereocenters. The Hall–Kier alpha value is -3.45. The van der Waals surface area contributed by atoms with Gasteiger partial charge in [0.25, 0.3) is 0 Å². The number of alkyl halides is 3. The Labute approximate surface area is 212 Å². The van der Waals surface area contributed by atoms with E-state index in [0.29, 0.717) is 11.1 Å². The number of carbonyl (C=O) groups excluding carboxylic acids is 1. The van der Waals surface area contributed by atoms with Crippen molar-refractivity contribution in [1.82, 2.24) is 9.97 Å². The number of hydrogen-bond acceptors (Lipinski definition) is 5. The zero-order valence-electron chi connectivity index (χ0n) is 19.0. The van der Waals surface area contributed by atoms with E-state index < -0.39 is 44.2 Å². The summed E-state index contributed by atoms with van der Waals surface area (Å²) in [6.45, 7) is 1.62. The van der Waals surface area contributed by atoms with Gasteiger partial charge >= 0.3 is 5.51 Å². The Balaban J connectivity index is 1.71. The van der Waals surface area contributed by atoms with E-state index in [0.717, 1.165) is 12.1 Å². The number of carbonyl (C=O) groups is 1. The summed E-state index contributed by atoms with van der Waals surface area (Å²) in [5, 5.41) is 0.215. The quantitative estimate of drug-likeness (QED) is 0.147. The average Bonchev–Trinajstić information content (AvgIpc) is 3.23. The van der Waals surface area contributed by atoms with E-state index >= 15 is 4.39 Å². The topological polar surface area (TPSA) is 91.9 Å². The zero-order chi connectivity index (χ0) is 27.0. The first kappa shape index (κ1) is 26.6. The number of nitrogens with one attached hydrogen (secondary N) is 2. The van der Waals surface area contributed by atoms with E-state index in [2.05, 4.69) is 9.97 Å². The molecule has 4 rings (SSSR count). The molecule has 13 heteroatoms. The number of ketones is 1. The monoisotopic (exact) mass is 555 g/mol. The molecule has 0 saturated heterocycles. The summed E-state index contributed by atoms with van der Waals surface area (Å²) in [6.07, 6.45) is 2.92. The van der Waals surface area contributed by atoms with Crippen LogP contribution < -0.4 is 4.72 Å². The number of sulfonamides is 1. The van der Waals surface area contributed by atoms with Gasteiger partial charge in [-0.2, -0.15) is 13.2 Å². The molecule has 0 radical (unpaired) electrons. The smallest absolute Gasteiger partial charge is 0.345 e. The molecular formula is C24H18F5N3O3S2. The third-order valence-corrected chi connectivity index (χ3v) is 7.47. The minimum atomic E-state index is -4.43. The van der Waals surface area contributed by atoms with Crippen molar-refractivity contribution < 1.29 is 35.2 Å². The molecule has 0 bridgehead atoms. The van der Waals surface area contributed by atoms with Crippen LogP contribution in [0, 0.1) is 11.6 Å². The molecule has 0 spiro atoms. The third kappa shape index (κ3) is 5.93. The highest BCUT2D eigenvalue weighted by molar-refractivity contribution is 8.00. The maximum atomic E-state index is 15.2. The lowest BCUT2D eigenvalue weighted by molar-refractivity contribution is -0.0328. The normalized spacial score (nSPS) is 12.2. The molecule has 0 aliphatic rings. The summed E-state index contributed by atoms with van der Waals surface area (Å²) in [4.78, 5) is 20.1. The number of rotatable bonds is 8. The molecule has 2 aromatic carbocycles. The van der Waals surface area contributed by atoms with Crippen LogP contribution in [0.1, 0.15) is 29.3 Å². The molecule has 0 aliphatic carbocycles. The number of benzene rings is 2. The second kappa shape index (κ2) is 10.1. The number of pyridine rings is 1. The van der Waals surface area contributed by atoms with Crippen LogP contribution in [-0.2, 0) is 10.0 Å². The van der Waals surface area contributed by atoms with Gasteiger partial charge < -0.3 is 4.98 Å². The number of aromatic amines is 1. The fourth-order valence-corrected chi connectivity index (χ4v) is 5.33. The van der Waals surface area contributed by atoms with E-state index in [9.17, 15) is 30.8 Å². The molecule has 0 aliphatic heterocycles. The van der Waals surface area contributed by atoms with Gasteiger partial charge in [-0.05, 0) is 54.1 Å². The Morgan fingerprint density at radius 2 is 1.78 bits per heavy atom. The molecule has 0 amide bonds. The van der Waals surface area contributed by atoms with Gasteiger partial charge in [0, 0.05) is 33.8 Å². The van der Waals surface area contributed by atoms with Crippen molar-refractivity contribution in [3.8, 4) is 11.1 Å². The first-order chi connectivity index (χ1) is 17.4. The molecule has 4 aromatic rings. The fraction of sp³-hybridized carbons (Fsp3) is 0.167. The predicted octanol–water partition coefficient (Wildman–Crippen LogP) is 6.50. The molecule has 2 N–H and O–H groups in total. The number of H-pyrrole nitrogens is 1. The van der Waals surface area contributed by atoms with Crippen LogP contribution in [0.15, 0.2) is 59.8 Å². The maximum absolute atomic E-state index is 15.2. The molecule has 0 fully saturated rings. The van der Waals surface area contributed by atoms with Crippen molar-refractivity contribution in [2.75, 3.05) is 10.5 Å². The highest BCUT2D eigenvalue weighted by Gasteiger charge is 2.29. The number of thioether (sulfide) groups is 1. The van der Waals surface area contributed by atoms with E-state index in [1.165, 1.54) is 42.7 Å². The fourth-order valence-electron chi connectivity index (χ4n) is 3.66. The van der Waals surface area contributed by atoms with E-state index in [-0.39, 0.29) is 45.4 Å². The van der Waals surface area contributed by atoms with Crippen LogP contribution in [0.3, 0.4) is 0 Å². The summed E-state index contributed by atoms with van der Waals surface area (Å²) in [5.41, 5.74) is -4.88.